The lowest BCUT2D eigenvalue weighted by Crippen LogP contribution is -2.48. The van der Waals surface area contributed by atoms with Gasteiger partial charge in [-0.1, -0.05) is 6.08 Å². The smallest absolute Gasteiger partial charge is 0.497 e. The van der Waals surface area contributed by atoms with Crippen molar-refractivity contribution < 1.29 is 28.4 Å². The van der Waals surface area contributed by atoms with Gasteiger partial charge in [0.2, 0.25) is 0 Å². The Labute approximate surface area is 147 Å². The van der Waals surface area contributed by atoms with Crippen LogP contribution in [-0.2, 0) is 18.9 Å². The summed E-state index contributed by atoms with van der Waals surface area (Å²) in [4.78, 5) is 25.5. The fraction of sp³-hybridized carbons (Fsp3) is 0.412. The first-order valence-electron chi connectivity index (χ1n) is 7.96. The van der Waals surface area contributed by atoms with Gasteiger partial charge in [-0.05, 0) is 32.2 Å². The highest BCUT2D eigenvalue weighted by molar-refractivity contribution is 6.65. The topological polar surface area (TPSA) is 74.3 Å². The highest BCUT2D eigenvalue weighted by atomic mass is 16.6. The zero-order valence-electron chi connectivity index (χ0n) is 14.7. The maximum absolute atomic E-state index is 12.0. The van der Waals surface area contributed by atoms with Crippen molar-refractivity contribution in [1.29, 1.82) is 0 Å². The monoisotopic (exact) mass is 347 g/mol. The summed E-state index contributed by atoms with van der Waals surface area (Å²) in [6.07, 6.45) is 2.25. The van der Waals surface area contributed by atoms with Crippen molar-refractivity contribution in [1.82, 2.24) is 4.90 Å². The van der Waals surface area contributed by atoms with Gasteiger partial charge in [0.1, 0.15) is 11.5 Å². The SMILES string of the molecule is C=CC[C@H](C)Oc1ccc(OC)cc1B1OC(=O)CN(C)CC(=O)O1. The molecule has 0 aromatic heterocycles. The zero-order valence-corrected chi connectivity index (χ0v) is 14.7. The van der Waals surface area contributed by atoms with Crippen molar-refractivity contribution >= 4 is 24.5 Å². The van der Waals surface area contributed by atoms with Crippen molar-refractivity contribution in [2.75, 3.05) is 27.2 Å². The van der Waals surface area contributed by atoms with E-state index in [1.807, 2.05) is 6.92 Å². The Morgan fingerprint density at radius 3 is 2.52 bits per heavy atom. The largest absolute Gasteiger partial charge is 0.640 e. The third-order valence-corrected chi connectivity index (χ3v) is 3.57. The maximum atomic E-state index is 12.0. The predicted octanol–water partition coefficient (Wildman–Crippen LogP) is 0.766. The second-order valence-electron chi connectivity index (χ2n) is 5.84. The first kappa shape index (κ1) is 18.9. The standard InChI is InChI=1S/C17H22BNO6/c1-5-6-12(2)23-15-8-7-13(22-4)9-14(15)18-24-16(20)10-19(3)11-17(21)25-18/h5,7-9,12H,1,6,10-11H2,2-4H3/t12-/m0/s1. The van der Waals surface area contributed by atoms with Crippen LogP contribution >= 0.6 is 0 Å². The van der Waals surface area contributed by atoms with E-state index < -0.39 is 19.1 Å². The summed E-state index contributed by atoms with van der Waals surface area (Å²) in [5.74, 6) is 0.000460. The van der Waals surface area contributed by atoms with Crippen LogP contribution in [-0.4, -0.2) is 57.3 Å². The second-order valence-corrected chi connectivity index (χ2v) is 5.84. The molecule has 0 radical (unpaired) electrons. The average molecular weight is 347 g/mol. The van der Waals surface area contributed by atoms with Crippen molar-refractivity contribution in [2.45, 2.75) is 19.4 Å². The average Bonchev–Trinajstić information content (AvgIpc) is 2.53. The number of carbonyl (C=O) groups is 2. The Bertz CT molecular complexity index is 630. The van der Waals surface area contributed by atoms with Crippen molar-refractivity contribution in [2.24, 2.45) is 0 Å². The first-order chi connectivity index (χ1) is 11.9. The van der Waals surface area contributed by atoms with Gasteiger partial charge >= 0.3 is 19.1 Å². The molecule has 1 aliphatic heterocycles. The van der Waals surface area contributed by atoms with Crippen LogP contribution in [0, 0.1) is 0 Å². The van der Waals surface area contributed by atoms with Gasteiger partial charge < -0.3 is 18.8 Å². The van der Waals surface area contributed by atoms with Crippen LogP contribution in [0.1, 0.15) is 13.3 Å². The number of hydrogen-bond acceptors (Lipinski definition) is 7. The lowest BCUT2D eigenvalue weighted by Gasteiger charge is -2.24. The molecule has 1 heterocycles. The Hall–Kier alpha value is -2.48. The van der Waals surface area contributed by atoms with Crippen LogP contribution in [0.2, 0.25) is 0 Å². The lowest BCUT2D eigenvalue weighted by molar-refractivity contribution is -0.145. The molecule has 7 nitrogen and oxygen atoms in total. The molecule has 0 aliphatic carbocycles. The highest BCUT2D eigenvalue weighted by Crippen LogP contribution is 2.19. The fourth-order valence-corrected chi connectivity index (χ4v) is 2.41. The quantitative estimate of drug-likeness (QED) is 0.556. The molecule has 1 aliphatic rings. The summed E-state index contributed by atoms with van der Waals surface area (Å²) in [6, 6.07) is 5.05. The molecule has 0 unspecified atom stereocenters. The number of benzene rings is 1. The van der Waals surface area contributed by atoms with Gasteiger partial charge in [-0.3, -0.25) is 14.5 Å². The van der Waals surface area contributed by atoms with E-state index in [1.54, 1.807) is 31.3 Å². The lowest BCUT2D eigenvalue weighted by atomic mass is 9.77. The van der Waals surface area contributed by atoms with Crippen molar-refractivity contribution in [3.05, 3.63) is 30.9 Å². The molecule has 8 heteroatoms. The number of likely N-dealkylation sites (N-methyl/N-ethyl adjacent to an activating group) is 1. The van der Waals surface area contributed by atoms with E-state index in [-0.39, 0.29) is 19.2 Å². The molecule has 134 valence electrons. The van der Waals surface area contributed by atoms with E-state index in [2.05, 4.69) is 6.58 Å². The Morgan fingerprint density at radius 2 is 1.96 bits per heavy atom. The molecule has 1 atom stereocenters. The summed E-state index contributed by atoms with van der Waals surface area (Å²) in [6.45, 7) is 5.58. The minimum Gasteiger partial charge on any atom is -0.497 e. The van der Waals surface area contributed by atoms with Crippen LogP contribution < -0.4 is 14.9 Å². The van der Waals surface area contributed by atoms with Crippen LogP contribution in [0.25, 0.3) is 0 Å². The first-order valence-corrected chi connectivity index (χ1v) is 7.96. The molecule has 25 heavy (non-hydrogen) atoms. The molecular weight excluding hydrogens is 325 g/mol. The molecule has 1 saturated heterocycles. The van der Waals surface area contributed by atoms with Crippen LogP contribution in [0.15, 0.2) is 30.9 Å². The second kappa shape index (κ2) is 8.57. The molecule has 2 rings (SSSR count). The van der Waals surface area contributed by atoms with Gasteiger partial charge in [0.15, 0.2) is 0 Å². The molecule has 0 amide bonds. The Kier molecular flexibility index (Phi) is 6.47. The van der Waals surface area contributed by atoms with Crippen molar-refractivity contribution in [3.8, 4) is 11.5 Å². The highest BCUT2D eigenvalue weighted by Gasteiger charge is 2.36. The normalized spacial score (nSPS) is 17.0. The third kappa shape index (κ3) is 5.25. The van der Waals surface area contributed by atoms with Gasteiger partial charge in [-0.15, -0.1) is 6.58 Å². The van der Waals surface area contributed by atoms with E-state index in [0.29, 0.717) is 23.4 Å². The molecular formula is C17H22BNO6. The molecule has 1 fully saturated rings. The van der Waals surface area contributed by atoms with E-state index in [9.17, 15) is 9.59 Å². The molecule has 0 bridgehead atoms. The zero-order chi connectivity index (χ0) is 18.4. The van der Waals surface area contributed by atoms with Gasteiger partial charge in [0, 0.05) is 6.42 Å². The maximum Gasteiger partial charge on any atom is 0.640 e. The number of hydrogen-bond donors (Lipinski definition) is 0. The summed E-state index contributed by atoms with van der Waals surface area (Å²) in [5.41, 5.74) is 0.418. The van der Waals surface area contributed by atoms with Gasteiger partial charge in [0.05, 0.1) is 31.8 Å². The van der Waals surface area contributed by atoms with E-state index in [4.69, 9.17) is 18.8 Å². The minimum atomic E-state index is -1.19. The Morgan fingerprint density at radius 1 is 1.32 bits per heavy atom. The number of rotatable bonds is 6. The molecule has 0 spiro atoms. The predicted molar refractivity (Wildman–Crippen MR) is 93.0 cm³/mol. The summed E-state index contributed by atoms with van der Waals surface area (Å²) in [7, 11) is 1.97. The molecule has 0 saturated carbocycles. The number of ether oxygens (including phenoxy) is 2. The third-order valence-electron chi connectivity index (χ3n) is 3.57. The van der Waals surface area contributed by atoms with Crippen LogP contribution in [0.3, 0.4) is 0 Å². The summed E-state index contributed by atoms with van der Waals surface area (Å²) in [5, 5.41) is 0. The van der Waals surface area contributed by atoms with E-state index in [1.165, 1.54) is 12.0 Å². The minimum absolute atomic E-state index is 0.00136. The summed E-state index contributed by atoms with van der Waals surface area (Å²) < 4.78 is 21.7. The van der Waals surface area contributed by atoms with E-state index >= 15 is 0 Å². The summed E-state index contributed by atoms with van der Waals surface area (Å²) >= 11 is 0. The van der Waals surface area contributed by atoms with Gasteiger partial charge in [-0.2, -0.15) is 0 Å². The fourth-order valence-electron chi connectivity index (χ4n) is 2.41. The molecule has 1 aromatic carbocycles. The van der Waals surface area contributed by atoms with Crippen LogP contribution in [0.4, 0.5) is 0 Å². The molecule has 0 N–H and O–H groups in total. The van der Waals surface area contributed by atoms with Gasteiger partial charge in [-0.25, -0.2) is 0 Å². The number of carbonyl (C=O) groups excluding carboxylic acids is 2. The number of methoxy groups -OCH3 is 1. The Balaban J connectivity index is 2.34. The van der Waals surface area contributed by atoms with Gasteiger partial charge in [0.25, 0.3) is 0 Å². The van der Waals surface area contributed by atoms with Crippen molar-refractivity contribution in [3.63, 3.8) is 0 Å². The number of nitrogens with zero attached hydrogens (tertiary/aromatic N) is 1. The van der Waals surface area contributed by atoms with Crippen LogP contribution in [0.5, 0.6) is 11.5 Å². The van der Waals surface area contributed by atoms with E-state index in [0.717, 1.165) is 0 Å². The molecule has 1 aromatic rings.